The van der Waals surface area contributed by atoms with E-state index in [2.05, 4.69) is 40.2 Å². The van der Waals surface area contributed by atoms with Crippen LogP contribution >= 0.6 is 12.2 Å². The summed E-state index contributed by atoms with van der Waals surface area (Å²) in [6, 6.07) is 18.4. The lowest BCUT2D eigenvalue weighted by Crippen LogP contribution is -2.44. The highest BCUT2D eigenvalue weighted by atomic mass is 32.1. The number of hydrogen-bond acceptors (Lipinski definition) is 2. The first kappa shape index (κ1) is 15.6. The number of nitrogens with one attached hydrogen (secondary N) is 1. The number of fused-ring (bicyclic) bond motifs is 4. The summed E-state index contributed by atoms with van der Waals surface area (Å²) in [7, 11) is 0. The molecule has 0 saturated carbocycles. The van der Waals surface area contributed by atoms with Gasteiger partial charge in [-0.1, -0.05) is 48.5 Å². The minimum absolute atomic E-state index is 0.0645. The third-order valence-electron chi connectivity index (χ3n) is 5.57. The summed E-state index contributed by atoms with van der Waals surface area (Å²) in [4.78, 5) is 20.5. The number of benzene rings is 2. The van der Waals surface area contributed by atoms with Crippen LogP contribution in [-0.4, -0.2) is 38.4 Å². The van der Waals surface area contributed by atoms with E-state index in [1.807, 2.05) is 31.2 Å². The second kappa shape index (κ2) is 5.68. The molecule has 0 bridgehead atoms. The molecule has 5 rings (SSSR count). The Kier molecular flexibility index (Phi) is 3.40. The standard InChI is InChI=1S/C21H19N3OS/c1-2-23-20(25)17-12-15-14-10-6-7-11-16(14)22-18(15)19(24(17)21(23)26)13-8-4-3-5-9-13/h3-11,17,19,22H,2,12H2,1H3. The molecule has 5 heteroatoms. The lowest BCUT2D eigenvalue weighted by atomic mass is 9.89. The molecule has 1 fully saturated rings. The molecule has 4 nitrogen and oxygen atoms in total. The Morgan fingerprint density at radius 2 is 1.85 bits per heavy atom. The van der Waals surface area contributed by atoms with Crippen molar-refractivity contribution in [3.8, 4) is 0 Å². The average molecular weight is 361 g/mol. The fourth-order valence-electron chi connectivity index (χ4n) is 4.40. The fourth-order valence-corrected chi connectivity index (χ4v) is 4.85. The van der Waals surface area contributed by atoms with Crippen molar-refractivity contribution in [2.75, 3.05) is 6.54 Å². The maximum Gasteiger partial charge on any atom is 0.251 e. The lowest BCUT2D eigenvalue weighted by molar-refractivity contribution is -0.128. The number of thiocarbonyl (C=S) groups is 1. The Balaban J connectivity index is 1.76. The van der Waals surface area contributed by atoms with E-state index < -0.39 is 0 Å². The van der Waals surface area contributed by atoms with Crippen LogP contribution in [0.15, 0.2) is 54.6 Å². The summed E-state index contributed by atoms with van der Waals surface area (Å²) < 4.78 is 0. The average Bonchev–Trinajstić information content (AvgIpc) is 3.16. The summed E-state index contributed by atoms with van der Waals surface area (Å²) in [6.45, 7) is 2.59. The van der Waals surface area contributed by atoms with E-state index in [9.17, 15) is 4.79 Å². The van der Waals surface area contributed by atoms with Gasteiger partial charge < -0.3 is 9.88 Å². The van der Waals surface area contributed by atoms with Crippen molar-refractivity contribution in [1.29, 1.82) is 0 Å². The van der Waals surface area contributed by atoms with Gasteiger partial charge in [0, 0.05) is 29.6 Å². The van der Waals surface area contributed by atoms with Crippen molar-refractivity contribution in [3.63, 3.8) is 0 Å². The topological polar surface area (TPSA) is 39.3 Å². The normalized spacial score (nSPS) is 22.0. The maximum atomic E-state index is 13.0. The van der Waals surface area contributed by atoms with Crippen LogP contribution in [0.1, 0.15) is 29.8 Å². The minimum Gasteiger partial charge on any atom is -0.356 e. The SMILES string of the molecule is CCN1C(=O)C2Cc3c([nH]c4ccccc34)C(c3ccccc3)N2C1=S. The molecule has 1 N–H and O–H groups in total. The molecule has 0 aliphatic carbocycles. The van der Waals surface area contributed by atoms with Gasteiger partial charge in [-0.3, -0.25) is 9.69 Å². The highest BCUT2D eigenvalue weighted by Gasteiger charge is 2.49. The Hall–Kier alpha value is -2.66. The molecule has 1 saturated heterocycles. The summed E-state index contributed by atoms with van der Waals surface area (Å²) in [5, 5.41) is 1.84. The molecule has 0 radical (unpaired) electrons. The molecule has 26 heavy (non-hydrogen) atoms. The molecule has 130 valence electrons. The first-order chi connectivity index (χ1) is 12.7. The number of para-hydroxylation sites is 1. The summed E-state index contributed by atoms with van der Waals surface area (Å²) >= 11 is 5.72. The number of amides is 1. The third kappa shape index (κ3) is 2.01. The molecular weight excluding hydrogens is 342 g/mol. The summed E-state index contributed by atoms with van der Waals surface area (Å²) in [6.07, 6.45) is 0.693. The molecular formula is C21H19N3OS. The summed E-state index contributed by atoms with van der Waals surface area (Å²) in [5.41, 5.74) is 4.66. The van der Waals surface area contributed by atoms with E-state index in [1.54, 1.807) is 4.90 Å². The van der Waals surface area contributed by atoms with Gasteiger partial charge in [-0.05, 0) is 36.3 Å². The van der Waals surface area contributed by atoms with E-state index in [-0.39, 0.29) is 18.0 Å². The Morgan fingerprint density at radius 1 is 1.12 bits per heavy atom. The smallest absolute Gasteiger partial charge is 0.251 e. The Labute approximate surface area is 157 Å². The largest absolute Gasteiger partial charge is 0.356 e. The monoisotopic (exact) mass is 361 g/mol. The molecule has 2 atom stereocenters. The molecule has 1 aromatic heterocycles. The van der Waals surface area contributed by atoms with E-state index in [0.29, 0.717) is 18.1 Å². The number of H-pyrrole nitrogens is 1. The molecule has 2 aromatic carbocycles. The van der Waals surface area contributed by atoms with Gasteiger partial charge in [0.2, 0.25) is 0 Å². The predicted molar refractivity (Wildman–Crippen MR) is 106 cm³/mol. The quantitative estimate of drug-likeness (QED) is 0.709. The zero-order valence-electron chi connectivity index (χ0n) is 14.5. The molecule has 1 amide bonds. The molecule has 2 unspecified atom stereocenters. The number of aromatic amines is 1. The van der Waals surface area contributed by atoms with Gasteiger partial charge in [0.15, 0.2) is 5.11 Å². The van der Waals surface area contributed by atoms with Gasteiger partial charge in [-0.25, -0.2) is 0 Å². The fraction of sp³-hybridized carbons (Fsp3) is 0.238. The third-order valence-corrected chi connectivity index (χ3v) is 6.00. The van der Waals surface area contributed by atoms with E-state index in [1.165, 1.54) is 10.9 Å². The van der Waals surface area contributed by atoms with Gasteiger partial charge in [0.1, 0.15) is 6.04 Å². The van der Waals surface area contributed by atoms with Gasteiger partial charge in [0.05, 0.1) is 6.04 Å². The Morgan fingerprint density at radius 3 is 2.62 bits per heavy atom. The van der Waals surface area contributed by atoms with Crippen LogP contribution in [0.3, 0.4) is 0 Å². The van der Waals surface area contributed by atoms with Gasteiger partial charge in [-0.15, -0.1) is 0 Å². The van der Waals surface area contributed by atoms with Crippen LogP contribution in [0.25, 0.3) is 10.9 Å². The van der Waals surface area contributed by atoms with Crippen LogP contribution < -0.4 is 0 Å². The number of nitrogens with zero attached hydrogens (tertiary/aromatic N) is 2. The van der Waals surface area contributed by atoms with E-state index in [0.717, 1.165) is 16.8 Å². The Bertz CT molecular complexity index is 1030. The van der Waals surface area contributed by atoms with Crippen molar-refractivity contribution >= 4 is 34.1 Å². The second-order valence-corrected chi connectivity index (χ2v) is 7.23. The minimum atomic E-state index is -0.223. The van der Waals surface area contributed by atoms with Crippen molar-refractivity contribution in [1.82, 2.24) is 14.8 Å². The predicted octanol–water partition coefficient (Wildman–Crippen LogP) is 3.63. The van der Waals surface area contributed by atoms with Crippen LogP contribution in [0.2, 0.25) is 0 Å². The van der Waals surface area contributed by atoms with Gasteiger partial charge in [-0.2, -0.15) is 0 Å². The number of likely N-dealkylation sites (N-methyl/N-ethyl adjacent to an activating group) is 1. The zero-order chi connectivity index (χ0) is 17.8. The molecule has 2 aliphatic rings. The molecule has 2 aliphatic heterocycles. The number of aromatic nitrogens is 1. The molecule has 0 spiro atoms. The van der Waals surface area contributed by atoms with Crippen molar-refractivity contribution in [2.24, 2.45) is 0 Å². The lowest BCUT2D eigenvalue weighted by Gasteiger charge is -2.37. The van der Waals surface area contributed by atoms with E-state index >= 15 is 0 Å². The maximum absolute atomic E-state index is 13.0. The highest BCUT2D eigenvalue weighted by molar-refractivity contribution is 7.80. The number of carbonyl (C=O) groups excluding carboxylic acids is 1. The van der Waals surface area contributed by atoms with Crippen LogP contribution in [-0.2, 0) is 11.2 Å². The van der Waals surface area contributed by atoms with Crippen LogP contribution in [0, 0.1) is 0 Å². The van der Waals surface area contributed by atoms with Crippen molar-refractivity contribution < 1.29 is 4.79 Å². The number of rotatable bonds is 2. The van der Waals surface area contributed by atoms with Crippen LogP contribution in [0.4, 0.5) is 0 Å². The zero-order valence-corrected chi connectivity index (χ0v) is 15.3. The second-order valence-electron chi connectivity index (χ2n) is 6.87. The summed E-state index contributed by atoms with van der Waals surface area (Å²) in [5.74, 6) is 0.120. The molecule has 3 heterocycles. The highest BCUT2D eigenvalue weighted by Crippen LogP contribution is 2.43. The van der Waals surface area contributed by atoms with Gasteiger partial charge >= 0.3 is 0 Å². The van der Waals surface area contributed by atoms with Crippen LogP contribution in [0.5, 0.6) is 0 Å². The van der Waals surface area contributed by atoms with Crippen molar-refractivity contribution in [2.45, 2.75) is 25.4 Å². The number of carbonyl (C=O) groups is 1. The van der Waals surface area contributed by atoms with Crippen molar-refractivity contribution in [3.05, 3.63) is 71.4 Å². The number of hydrogen-bond donors (Lipinski definition) is 1. The van der Waals surface area contributed by atoms with Gasteiger partial charge in [0.25, 0.3) is 5.91 Å². The molecule has 3 aromatic rings. The first-order valence-electron chi connectivity index (χ1n) is 8.98. The first-order valence-corrected chi connectivity index (χ1v) is 9.39. The van der Waals surface area contributed by atoms with E-state index in [4.69, 9.17) is 12.2 Å².